The summed E-state index contributed by atoms with van der Waals surface area (Å²) in [5.41, 5.74) is 9.00. The van der Waals surface area contributed by atoms with Crippen LogP contribution in [0.3, 0.4) is 0 Å². The molecule has 0 spiro atoms. The smallest absolute Gasteiger partial charge is 0.381 e. The van der Waals surface area contributed by atoms with Crippen LogP contribution in [0.2, 0.25) is 0 Å². The fraction of sp³-hybridized carbons (Fsp3) is 0.500. The molecule has 3 heterocycles. The number of aryl methyl sites for hydroxylation is 1. The van der Waals surface area contributed by atoms with E-state index < -0.39 is 5.97 Å². The third-order valence-corrected chi connectivity index (χ3v) is 3.98. The Balaban J connectivity index is 2.23. The molecule has 0 saturated carbocycles. The van der Waals surface area contributed by atoms with Gasteiger partial charge in [0.25, 0.3) is 0 Å². The number of hydrogen-bond donors (Lipinski definition) is 1. The number of carbonyl (C=O) groups is 1. The van der Waals surface area contributed by atoms with Crippen LogP contribution in [0, 0.1) is 6.92 Å². The first-order chi connectivity index (χ1) is 10.3. The van der Waals surface area contributed by atoms with Crippen LogP contribution in [-0.2, 0) is 22.5 Å². The molecule has 2 aromatic rings. The zero-order valence-corrected chi connectivity index (χ0v) is 13.3. The monoisotopic (exact) mass is 305 g/mol. The lowest BCUT2D eigenvalue weighted by molar-refractivity contribution is -0.366. The SMILES string of the molecule is CCOC(=O)c1c(C)[nH+]c2oc3c(c2c1N)CC(C)(C)OC3. The van der Waals surface area contributed by atoms with Crippen molar-refractivity contribution in [2.75, 3.05) is 12.3 Å². The van der Waals surface area contributed by atoms with Gasteiger partial charge in [0.15, 0.2) is 11.3 Å². The molecule has 0 atom stereocenters. The van der Waals surface area contributed by atoms with Crippen molar-refractivity contribution in [2.45, 2.75) is 46.3 Å². The second-order valence-electron chi connectivity index (χ2n) is 6.19. The van der Waals surface area contributed by atoms with Crippen LogP contribution in [0.25, 0.3) is 11.1 Å². The predicted octanol–water partition coefficient (Wildman–Crippen LogP) is 2.17. The van der Waals surface area contributed by atoms with Gasteiger partial charge in [-0.3, -0.25) is 0 Å². The van der Waals surface area contributed by atoms with Crippen molar-refractivity contribution < 1.29 is 23.7 Å². The molecule has 2 aromatic heterocycles. The van der Waals surface area contributed by atoms with Gasteiger partial charge >= 0.3 is 11.7 Å². The first-order valence-electron chi connectivity index (χ1n) is 7.40. The van der Waals surface area contributed by atoms with E-state index in [9.17, 15) is 4.79 Å². The third kappa shape index (κ3) is 2.23. The van der Waals surface area contributed by atoms with Gasteiger partial charge in [-0.25, -0.2) is 4.79 Å². The molecule has 0 bridgehead atoms. The normalized spacial score (nSPS) is 16.5. The average molecular weight is 305 g/mol. The number of carbonyl (C=O) groups excluding carboxylic acids is 1. The summed E-state index contributed by atoms with van der Waals surface area (Å²) in [6, 6.07) is 0. The van der Waals surface area contributed by atoms with E-state index in [1.807, 2.05) is 13.8 Å². The quantitative estimate of drug-likeness (QED) is 0.859. The summed E-state index contributed by atoms with van der Waals surface area (Å²) in [6.07, 6.45) is 0.679. The van der Waals surface area contributed by atoms with Crippen LogP contribution in [-0.4, -0.2) is 18.2 Å². The van der Waals surface area contributed by atoms with Crippen molar-refractivity contribution in [2.24, 2.45) is 0 Å². The highest BCUT2D eigenvalue weighted by Gasteiger charge is 2.35. The number of aromatic nitrogens is 1. The van der Waals surface area contributed by atoms with Crippen LogP contribution in [0.4, 0.5) is 5.69 Å². The van der Waals surface area contributed by atoms with Crippen molar-refractivity contribution in [1.82, 2.24) is 0 Å². The number of H-pyrrole nitrogens is 1. The molecule has 0 saturated heterocycles. The Labute approximate surface area is 128 Å². The van der Waals surface area contributed by atoms with Crippen LogP contribution >= 0.6 is 0 Å². The zero-order chi connectivity index (χ0) is 16.1. The van der Waals surface area contributed by atoms with E-state index in [0.717, 1.165) is 16.7 Å². The molecule has 1 aliphatic heterocycles. The Morgan fingerprint density at radius 2 is 2.18 bits per heavy atom. The van der Waals surface area contributed by atoms with Crippen LogP contribution in [0.15, 0.2) is 4.42 Å². The minimum Gasteiger partial charge on any atom is -0.462 e. The molecule has 0 unspecified atom stereocenters. The minimum absolute atomic E-state index is 0.286. The van der Waals surface area contributed by atoms with Crippen molar-refractivity contribution in [3.05, 3.63) is 22.6 Å². The highest BCUT2D eigenvalue weighted by Crippen LogP contribution is 2.37. The van der Waals surface area contributed by atoms with Gasteiger partial charge in [0.1, 0.15) is 17.8 Å². The summed E-state index contributed by atoms with van der Waals surface area (Å²) in [5, 5.41) is 0.764. The molecule has 6 nitrogen and oxygen atoms in total. The molecule has 22 heavy (non-hydrogen) atoms. The number of esters is 1. The summed E-state index contributed by atoms with van der Waals surface area (Å²) in [6.45, 7) is 8.30. The molecule has 0 fully saturated rings. The third-order valence-electron chi connectivity index (χ3n) is 3.98. The van der Waals surface area contributed by atoms with Gasteiger partial charge in [-0.1, -0.05) is 0 Å². The number of nitrogen functional groups attached to an aromatic ring is 1. The van der Waals surface area contributed by atoms with Gasteiger partial charge in [0, 0.05) is 18.9 Å². The standard InChI is InChI=1S/C16H20N2O4/c1-5-20-15(19)11-8(2)18-14-12(13(11)17)9-6-16(3,4)21-7-10(9)22-14/h5-7H2,1-4H3,(H2,17,18)/p+1. The summed E-state index contributed by atoms with van der Waals surface area (Å²) < 4.78 is 16.7. The number of fused-ring (bicyclic) bond motifs is 3. The maximum Gasteiger partial charge on any atom is 0.381 e. The lowest BCUT2D eigenvalue weighted by Gasteiger charge is -2.29. The maximum absolute atomic E-state index is 12.2. The molecule has 118 valence electrons. The van der Waals surface area contributed by atoms with Crippen molar-refractivity contribution >= 4 is 22.8 Å². The maximum atomic E-state index is 12.2. The van der Waals surface area contributed by atoms with Crippen LogP contribution in [0.5, 0.6) is 0 Å². The molecule has 3 rings (SSSR count). The zero-order valence-electron chi connectivity index (χ0n) is 13.3. The molecular weight excluding hydrogens is 284 g/mol. The highest BCUT2D eigenvalue weighted by molar-refractivity contribution is 6.04. The van der Waals surface area contributed by atoms with Gasteiger partial charge in [-0.05, 0) is 20.8 Å². The van der Waals surface area contributed by atoms with E-state index in [2.05, 4.69) is 4.98 Å². The van der Waals surface area contributed by atoms with Crippen LogP contribution in [0.1, 0.15) is 48.1 Å². The van der Waals surface area contributed by atoms with Gasteiger partial charge in [-0.15, -0.1) is 0 Å². The molecule has 0 radical (unpaired) electrons. The second kappa shape index (κ2) is 4.98. The number of furan rings is 1. The number of aromatic amines is 1. The van der Waals surface area contributed by atoms with Gasteiger partial charge in [0.2, 0.25) is 0 Å². The van der Waals surface area contributed by atoms with Gasteiger partial charge < -0.3 is 19.6 Å². The van der Waals surface area contributed by atoms with E-state index in [-0.39, 0.29) is 5.60 Å². The number of pyridine rings is 1. The summed E-state index contributed by atoms with van der Waals surface area (Å²) in [4.78, 5) is 15.3. The van der Waals surface area contributed by atoms with E-state index >= 15 is 0 Å². The van der Waals surface area contributed by atoms with E-state index in [1.54, 1.807) is 13.8 Å². The molecular formula is C16H21N2O4+. The number of nitrogens with two attached hydrogens (primary N) is 1. The van der Waals surface area contributed by atoms with E-state index in [0.29, 0.717) is 42.3 Å². The Hall–Kier alpha value is -2.08. The van der Waals surface area contributed by atoms with E-state index in [1.165, 1.54) is 0 Å². The molecule has 0 amide bonds. The highest BCUT2D eigenvalue weighted by atomic mass is 16.5. The van der Waals surface area contributed by atoms with Crippen molar-refractivity contribution in [1.29, 1.82) is 0 Å². The topological polar surface area (TPSA) is 88.8 Å². The van der Waals surface area contributed by atoms with E-state index in [4.69, 9.17) is 19.6 Å². The van der Waals surface area contributed by atoms with Gasteiger partial charge in [0.05, 0.1) is 17.9 Å². The number of anilines is 1. The Morgan fingerprint density at radius 3 is 2.86 bits per heavy atom. The predicted molar refractivity (Wildman–Crippen MR) is 80.4 cm³/mol. The molecule has 6 heteroatoms. The number of rotatable bonds is 2. The minimum atomic E-state index is -0.420. The van der Waals surface area contributed by atoms with Crippen molar-refractivity contribution in [3.63, 3.8) is 0 Å². The fourth-order valence-electron chi connectivity index (χ4n) is 2.95. The second-order valence-corrected chi connectivity index (χ2v) is 6.19. The largest absolute Gasteiger partial charge is 0.462 e. The number of ether oxygens (including phenoxy) is 2. The average Bonchev–Trinajstić information content (AvgIpc) is 2.75. The first kappa shape index (κ1) is 14.8. The summed E-state index contributed by atoms with van der Waals surface area (Å²) in [5.74, 6) is 0.342. The van der Waals surface area contributed by atoms with Crippen LogP contribution < -0.4 is 10.7 Å². The fourth-order valence-corrected chi connectivity index (χ4v) is 2.95. The molecule has 3 N–H and O–H groups in total. The molecule has 0 aromatic carbocycles. The number of nitrogens with one attached hydrogen (secondary N) is 1. The number of hydrogen-bond acceptors (Lipinski definition) is 5. The van der Waals surface area contributed by atoms with Gasteiger partial charge in [-0.2, -0.15) is 4.98 Å². The summed E-state index contributed by atoms with van der Waals surface area (Å²) in [7, 11) is 0. The molecule has 1 aliphatic rings. The Morgan fingerprint density at radius 1 is 1.45 bits per heavy atom. The Kier molecular flexibility index (Phi) is 3.36. The lowest BCUT2D eigenvalue weighted by Crippen LogP contribution is -2.31. The Bertz CT molecular complexity index is 761. The first-order valence-corrected chi connectivity index (χ1v) is 7.40. The lowest BCUT2D eigenvalue weighted by atomic mass is 9.93. The van der Waals surface area contributed by atoms with Crippen molar-refractivity contribution in [3.8, 4) is 0 Å². The molecule has 0 aliphatic carbocycles. The summed E-state index contributed by atoms with van der Waals surface area (Å²) >= 11 is 0.